The molecule has 0 aliphatic rings. The minimum Gasteiger partial charge on any atom is -0.496 e. The van der Waals surface area contributed by atoms with Gasteiger partial charge in [-0.05, 0) is 12.1 Å². The zero-order valence-corrected chi connectivity index (χ0v) is 10.9. The van der Waals surface area contributed by atoms with Gasteiger partial charge in [0, 0.05) is 12.1 Å². The smallest absolute Gasteiger partial charge is 0.317 e. The van der Waals surface area contributed by atoms with Gasteiger partial charge in [0.2, 0.25) is 0 Å². The third-order valence-electron chi connectivity index (χ3n) is 2.53. The van der Waals surface area contributed by atoms with E-state index >= 15 is 0 Å². The van der Waals surface area contributed by atoms with Gasteiger partial charge in [0.25, 0.3) is 0 Å². The van der Waals surface area contributed by atoms with Crippen LogP contribution in [0.15, 0.2) is 18.2 Å². The molecule has 0 amide bonds. The number of nitriles is 1. The van der Waals surface area contributed by atoms with E-state index in [0.29, 0.717) is 16.9 Å². The van der Waals surface area contributed by atoms with Crippen molar-refractivity contribution in [3.05, 3.63) is 29.3 Å². The fourth-order valence-corrected chi connectivity index (χ4v) is 1.74. The summed E-state index contributed by atoms with van der Waals surface area (Å²) in [5, 5.41) is 26.3. The van der Waals surface area contributed by atoms with E-state index in [1.54, 1.807) is 12.1 Å². The highest BCUT2D eigenvalue weighted by atomic mass is 16.5. The molecule has 1 aromatic rings. The predicted octanol–water partition coefficient (Wildman–Crippen LogP) is 0.538. The lowest BCUT2D eigenvalue weighted by molar-refractivity contribution is -0.142. The molecule has 0 unspecified atom stereocenters. The van der Waals surface area contributed by atoms with Crippen LogP contribution in [0.5, 0.6) is 5.75 Å². The van der Waals surface area contributed by atoms with E-state index in [4.69, 9.17) is 20.2 Å². The quantitative estimate of drug-likeness (QED) is 0.748. The van der Waals surface area contributed by atoms with Crippen molar-refractivity contribution in [3.63, 3.8) is 0 Å². The number of benzene rings is 1. The molecule has 0 radical (unpaired) electrons. The SMILES string of the molecule is COc1cc(C#N)ccc1CN(CC(=O)O)CC(=O)O. The van der Waals surface area contributed by atoms with Crippen LogP contribution in [0.3, 0.4) is 0 Å². The lowest BCUT2D eigenvalue weighted by Crippen LogP contribution is -2.34. The Kier molecular flexibility index (Phi) is 5.50. The molecule has 1 rings (SSSR count). The molecule has 0 fully saturated rings. The van der Waals surface area contributed by atoms with Gasteiger partial charge in [-0.25, -0.2) is 0 Å². The Morgan fingerprint density at radius 2 is 1.90 bits per heavy atom. The Morgan fingerprint density at radius 3 is 2.35 bits per heavy atom. The van der Waals surface area contributed by atoms with Crippen molar-refractivity contribution < 1.29 is 24.5 Å². The van der Waals surface area contributed by atoms with Gasteiger partial charge in [-0.15, -0.1) is 0 Å². The summed E-state index contributed by atoms with van der Waals surface area (Å²) in [6, 6.07) is 6.67. The molecular formula is C13H14N2O5. The summed E-state index contributed by atoms with van der Waals surface area (Å²) >= 11 is 0. The monoisotopic (exact) mass is 278 g/mol. The largest absolute Gasteiger partial charge is 0.496 e. The Labute approximate surface area is 115 Å². The summed E-state index contributed by atoms with van der Waals surface area (Å²) in [6.45, 7) is -0.682. The molecular weight excluding hydrogens is 264 g/mol. The normalized spacial score (nSPS) is 10.1. The minimum atomic E-state index is -1.11. The molecule has 0 saturated heterocycles. The Hall–Kier alpha value is -2.59. The van der Waals surface area contributed by atoms with Crippen molar-refractivity contribution in [2.24, 2.45) is 0 Å². The Bertz CT molecular complexity index is 534. The number of ether oxygens (including phenoxy) is 1. The molecule has 7 nitrogen and oxygen atoms in total. The van der Waals surface area contributed by atoms with Crippen molar-refractivity contribution in [2.45, 2.75) is 6.54 Å². The van der Waals surface area contributed by atoms with Crippen LogP contribution in [-0.2, 0) is 16.1 Å². The molecule has 0 aliphatic heterocycles. The van der Waals surface area contributed by atoms with Crippen LogP contribution >= 0.6 is 0 Å². The standard InChI is InChI=1S/C13H14N2O5/c1-20-11-4-9(5-14)2-3-10(11)6-15(7-12(16)17)8-13(18)19/h2-4H,6-8H2,1H3,(H,16,17)(H,18,19). The van der Waals surface area contributed by atoms with Gasteiger partial charge in [0.15, 0.2) is 0 Å². The fraction of sp³-hybridized carbons (Fsp3) is 0.308. The summed E-state index contributed by atoms with van der Waals surface area (Å²) in [4.78, 5) is 22.7. The maximum atomic E-state index is 10.7. The number of nitrogens with zero attached hydrogens (tertiary/aromatic N) is 2. The van der Waals surface area contributed by atoms with E-state index < -0.39 is 25.0 Å². The lowest BCUT2D eigenvalue weighted by Gasteiger charge is -2.19. The number of aliphatic carboxylic acids is 2. The summed E-state index contributed by atoms with van der Waals surface area (Å²) in [6.07, 6.45) is 0. The molecule has 0 aromatic heterocycles. The second-order valence-corrected chi connectivity index (χ2v) is 4.07. The number of methoxy groups -OCH3 is 1. The third-order valence-corrected chi connectivity index (χ3v) is 2.53. The first-order valence-electron chi connectivity index (χ1n) is 5.69. The number of rotatable bonds is 7. The first-order chi connectivity index (χ1) is 9.46. The average Bonchev–Trinajstić information content (AvgIpc) is 2.37. The number of carboxylic acid groups (broad SMARTS) is 2. The minimum absolute atomic E-state index is 0.105. The molecule has 0 bridgehead atoms. The van der Waals surface area contributed by atoms with E-state index in [1.165, 1.54) is 18.1 Å². The molecule has 20 heavy (non-hydrogen) atoms. The van der Waals surface area contributed by atoms with Crippen molar-refractivity contribution in [1.82, 2.24) is 4.90 Å². The zero-order chi connectivity index (χ0) is 15.1. The fourth-order valence-electron chi connectivity index (χ4n) is 1.74. The highest BCUT2D eigenvalue weighted by Gasteiger charge is 2.16. The van der Waals surface area contributed by atoms with Crippen LogP contribution in [0, 0.1) is 11.3 Å². The van der Waals surface area contributed by atoms with Crippen LogP contribution in [-0.4, -0.2) is 47.3 Å². The van der Waals surface area contributed by atoms with E-state index in [-0.39, 0.29) is 6.54 Å². The van der Waals surface area contributed by atoms with Crippen LogP contribution < -0.4 is 4.74 Å². The van der Waals surface area contributed by atoms with Crippen LogP contribution in [0.4, 0.5) is 0 Å². The van der Waals surface area contributed by atoms with Gasteiger partial charge >= 0.3 is 11.9 Å². The summed E-state index contributed by atoms with van der Waals surface area (Å²) < 4.78 is 5.13. The molecule has 0 aliphatic carbocycles. The highest BCUT2D eigenvalue weighted by molar-refractivity contribution is 5.72. The third kappa shape index (κ3) is 4.59. The Morgan fingerprint density at radius 1 is 1.30 bits per heavy atom. The molecule has 0 saturated carbocycles. The summed E-state index contributed by atoms with van der Waals surface area (Å²) in [7, 11) is 1.43. The van der Waals surface area contributed by atoms with E-state index in [1.807, 2.05) is 6.07 Å². The van der Waals surface area contributed by atoms with Crippen LogP contribution in [0.2, 0.25) is 0 Å². The number of hydrogen-bond donors (Lipinski definition) is 2. The predicted molar refractivity (Wildman–Crippen MR) is 68.3 cm³/mol. The average molecular weight is 278 g/mol. The van der Waals surface area contributed by atoms with Gasteiger partial charge in [-0.3, -0.25) is 14.5 Å². The number of carbonyl (C=O) groups is 2. The van der Waals surface area contributed by atoms with Crippen molar-refractivity contribution in [1.29, 1.82) is 5.26 Å². The maximum absolute atomic E-state index is 10.7. The molecule has 0 atom stereocenters. The van der Waals surface area contributed by atoms with Gasteiger partial charge in [0.05, 0.1) is 31.8 Å². The second-order valence-electron chi connectivity index (χ2n) is 4.07. The molecule has 0 spiro atoms. The maximum Gasteiger partial charge on any atom is 0.317 e. The lowest BCUT2D eigenvalue weighted by atomic mass is 10.1. The molecule has 7 heteroatoms. The van der Waals surface area contributed by atoms with Crippen molar-refractivity contribution in [3.8, 4) is 11.8 Å². The van der Waals surface area contributed by atoms with E-state index in [0.717, 1.165) is 0 Å². The molecule has 106 valence electrons. The van der Waals surface area contributed by atoms with Crippen LogP contribution in [0.1, 0.15) is 11.1 Å². The van der Waals surface area contributed by atoms with E-state index in [9.17, 15) is 9.59 Å². The molecule has 1 aromatic carbocycles. The molecule has 2 N–H and O–H groups in total. The van der Waals surface area contributed by atoms with Gasteiger partial charge in [0.1, 0.15) is 5.75 Å². The van der Waals surface area contributed by atoms with Gasteiger partial charge in [-0.1, -0.05) is 6.07 Å². The van der Waals surface area contributed by atoms with Crippen LogP contribution in [0.25, 0.3) is 0 Å². The number of carboxylic acids is 2. The first-order valence-corrected chi connectivity index (χ1v) is 5.69. The van der Waals surface area contributed by atoms with Crippen molar-refractivity contribution >= 4 is 11.9 Å². The highest BCUT2D eigenvalue weighted by Crippen LogP contribution is 2.21. The zero-order valence-electron chi connectivity index (χ0n) is 10.9. The second kappa shape index (κ2) is 7.11. The van der Waals surface area contributed by atoms with Gasteiger partial charge < -0.3 is 14.9 Å². The van der Waals surface area contributed by atoms with Crippen molar-refractivity contribution in [2.75, 3.05) is 20.2 Å². The van der Waals surface area contributed by atoms with E-state index in [2.05, 4.69) is 0 Å². The van der Waals surface area contributed by atoms with Gasteiger partial charge in [-0.2, -0.15) is 5.26 Å². The Balaban J connectivity index is 2.95. The summed E-state index contributed by atoms with van der Waals surface area (Å²) in [5.74, 6) is -1.80. The summed E-state index contributed by atoms with van der Waals surface area (Å²) in [5.41, 5.74) is 1.03. The molecule has 0 heterocycles. The first kappa shape index (κ1) is 15.5. The number of hydrogen-bond acceptors (Lipinski definition) is 5. The topological polar surface area (TPSA) is 111 Å².